The molecule has 1 atom stereocenters. The zero-order chi connectivity index (χ0) is 27.1. The number of hydrogen-bond acceptors (Lipinski definition) is 9. The monoisotopic (exact) mass is 522 g/mol. The van der Waals surface area contributed by atoms with Gasteiger partial charge in [0.1, 0.15) is 23.7 Å². The van der Waals surface area contributed by atoms with Crippen molar-refractivity contribution < 1.29 is 19.0 Å². The molecule has 0 saturated heterocycles. The number of anilines is 2. The van der Waals surface area contributed by atoms with Crippen molar-refractivity contribution in [2.45, 2.75) is 32.4 Å². The lowest BCUT2D eigenvalue weighted by atomic mass is 10.1. The molecule has 2 heterocycles. The van der Waals surface area contributed by atoms with Gasteiger partial charge in [-0.15, -0.1) is 5.10 Å². The second-order valence-electron chi connectivity index (χ2n) is 9.03. The normalized spacial score (nSPS) is 12.3. The number of fused-ring (bicyclic) bond motifs is 1. The van der Waals surface area contributed by atoms with E-state index in [4.69, 9.17) is 10.5 Å². The Morgan fingerprint density at radius 3 is 2.79 bits per heavy atom. The Balaban J connectivity index is 1.44. The summed E-state index contributed by atoms with van der Waals surface area (Å²) in [7, 11) is 0. The molecular weight excluding hydrogens is 491 g/mol. The molecule has 0 radical (unpaired) electrons. The highest BCUT2D eigenvalue weighted by molar-refractivity contribution is 5.91. The van der Waals surface area contributed by atoms with Crippen molar-refractivity contribution in [3.05, 3.63) is 66.4 Å². The minimum atomic E-state index is -1.02. The molecular formula is C26H31FN8O3. The number of carbonyl (C=O) groups excluding carboxylic acids is 1. The summed E-state index contributed by atoms with van der Waals surface area (Å²) in [6.07, 6.45) is 3.75. The summed E-state index contributed by atoms with van der Waals surface area (Å²) in [4.78, 5) is 23.0. The quantitative estimate of drug-likeness (QED) is 0.226. The van der Waals surface area contributed by atoms with E-state index in [1.165, 1.54) is 35.4 Å². The second kappa shape index (κ2) is 12.4. The van der Waals surface area contributed by atoms with Crippen molar-refractivity contribution in [1.29, 1.82) is 0 Å². The number of hydrogen-bond donors (Lipinski definition) is 3. The zero-order valence-corrected chi connectivity index (χ0v) is 21.3. The highest BCUT2D eigenvalue weighted by Gasteiger charge is 2.22. The van der Waals surface area contributed by atoms with Crippen LogP contribution in [0.5, 0.6) is 5.75 Å². The average Bonchev–Trinajstić information content (AvgIpc) is 3.33. The molecule has 1 unspecified atom stereocenters. The lowest BCUT2D eigenvalue weighted by molar-refractivity contribution is -0.120. The minimum Gasteiger partial charge on any atom is -0.493 e. The summed E-state index contributed by atoms with van der Waals surface area (Å²) < 4.78 is 20.9. The fraction of sp³-hybridized carbons (Fsp3) is 0.346. The zero-order valence-electron chi connectivity index (χ0n) is 21.3. The van der Waals surface area contributed by atoms with Crippen LogP contribution in [-0.2, 0) is 4.79 Å². The maximum atomic E-state index is 13.7. The van der Waals surface area contributed by atoms with Crippen LogP contribution in [0.2, 0.25) is 0 Å². The lowest BCUT2D eigenvalue weighted by Crippen LogP contribution is -2.34. The van der Waals surface area contributed by atoms with Crippen molar-refractivity contribution in [3.8, 4) is 5.75 Å². The van der Waals surface area contributed by atoms with E-state index in [1.807, 2.05) is 18.2 Å². The predicted molar refractivity (Wildman–Crippen MR) is 140 cm³/mol. The standard InChI is InChI=1S/C26H31FN8O3/c1-17(2)34(10-11-36)9-4-12-38-20-7-8-21-22(14-20)29-16-30-26(21)31-23-15-35(33-32-23)24(25(28)37)18-5-3-6-19(27)13-18/h3,5-8,13-17,24,36H,4,9-12H2,1-2H3,(H2,28,37)(H,29,30,31). The molecule has 0 saturated carbocycles. The third kappa shape index (κ3) is 6.58. The van der Waals surface area contributed by atoms with Crippen molar-refractivity contribution in [2.75, 3.05) is 31.6 Å². The first kappa shape index (κ1) is 26.9. The van der Waals surface area contributed by atoms with Gasteiger partial charge in [0.2, 0.25) is 5.91 Å². The third-order valence-electron chi connectivity index (χ3n) is 6.04. The van der Waals surface area contributed by atoms with E-state index in [1.54, 1.807) is 6.07 Å². The van der Waals surface area contributed by atoms with Gasteiger partial charge >= 0.3 is 0 Å². The van der Waals surface area contributed by atoms with Gasteiger partial charge in [0.15, 0.2) is 11.9 Å². The summed E-state index contributed by atoms with van der Waals surface area (Å²) in [6, 6.07) is 10.5. The van der Waals surface area contributed by atoms with E-state index in [-0.39, 0.29) is 6.61 Å². The molecule has 0 aliphatic rings. The summed E-state index contributed by atoms with van der Waals surface area (Å²) in [5.74, 6) is 0.322. The van der Waals surface area contributed by atoms with Gasteiger partial charge in [-0.3, -0.25) is 9.69 Å². The van der Waals surface area contributed by atoms with Crippen molar-refractivity contribution in [2.24, 2.45) is 5.73 Å². The Morgan fingerprint density at radius 2 is 2.05 bits per heavy atom. The minimum absolute atomic E-state index is 0.134. The SMILES string of the molecule is CC(C)N(CCO)CCCOc1ccc2c(Nc3cn(C(C(N)=O)c4cccc(F)c4)nn3)ncnc2c1. The molecule has 2 aromatic carbocycles. The Labute approximate surface area is 219 Å². The number of ether oxygens (including phenoxy) is 1. The largest absolute Gasteiger partial charge is 0.493 e. The van der Waals surface area contributed by atoms with Crippen LogP contribution in [0.4, 0.5) is 16.0 Å². The molecule has 0 fully saturated rings. The average molecular weight is 523 g/mol. The number of halogens is 1. The Morgan fingerprint density at radius 1 is 1.21 bits per heavy atom. The fourth-order valence-electron chi connectivity index (χ4n) is 4.15. The van der Waals surface area contributed by atoms with E-state index < -0.39 is 17.8 Å². The molecule has 4 aromatic rings. The van der Waals surface area contributed by atoms with E-state index in [9.17, 15) is 14.3 Å². The number of benzene rings is 2. The van der Waals surface area contributed by atoms with Crippen molar-refractivity contribution >= 4 is 28.4 Å². The number of primary amides is 1. The first-order valence-corrected chi connectivity index (χ1v) is 12.3. The van der Waals surface area contributed by atoms with Gasteiger partial charge in [-0.2, -0.15) is 0 Å². The van der Waals surface area contributed by atoms with Gasteiger partial charge in [0.05, 0.1) is 24.9 Å². The molecule has 11 nitrogen and oxygen atoms in total. The van der Waals surface area contributed by atoms with Gasteiger partial charge in [-0.1, -0.05) is 17.3 Å². The van der Waals surface area contributed by atoms with E-state index in [0.717, 1.165) is 18.4 Å². The molecule has 0 spiro atoms. The lowest BCUT2D eigenvalue weighted by Gasteiger charge is -2.25. The molecule has 2 aromatic heterocycles. The van der Waals surface area contributed by atoms with Crippen LogP contribution in [0.3, 0.4) is 0 Å². The fourth-order valence-corrected chi connectivity index (χ4v) is 4.15. The topological polar surface area (TPSA) is 144 Å². The Hall–Kier alpha value is -4.16. The number of nitrogens with two attached hydrogens (primary N) is 1. The number of nitrogens with one attached hydrogen (secondary N) is 1. The maximum absolute atomic E-state index is 13.7. The summed E-state index contributed by atoms with van der Waals surface area (Å²) in [5, 5.41) is 21.1. The summed E-state index contributed by atoms with van der Waals surface area (Å²) in [5.41, 5.74) is 6.60. The number of nitrogens with zero attached hydrogens (tertiary/aromatic N) is 6. The predicted octanol–water partition coefficient (Wildman–Crippen LogP) is 2.65. The van der Waals surface area contributed by atoms with E-state index >= 15 is 0 Å². The smallest absolute Gasteiger partial charge is 0.246 e. The number of aliphatic hydroxyl groups is 1. The van der Waals surface area contributed by atoms with Gasteiger partial charge < -0.3 is 20.9 Å². The molecule has 1 amide bonds. The van der Waals surface area contributed by atoms with Gasteiger partial charge in [-0.05, 0) is 50.1 Å². The summed E-state index contributed by atoms with van der Waals surface area (Å²) in [6.45, 7) is 6.35. The number of aliphatic hydroxyl groups excluding tert-OH is 1. The maximum Gasteiger partial charge on any atom is 0.246 e. The molecule has 12 heteroatoms. The van der Waals surface area contributed by atoms with Crippen LogP contribution >= 0.6 is 0 Å². The Kier molecular flexibility index (Phi) is 8.77. The van der Waals surface area contributed by atoms with E-state index in [2.05, 4.69) is 44.3 Å². The van der Waals surface area contributed by atoms with Crippen LogP contribution in [0.15, 0.2) is 55.0 Å². The molecule has 4 N–H and O–H groups in total. The first-order chi connectivity index (χ1) is 18.4. The van der Waals surface area contributed by atoms with Crippen molar-refractivity contribution in [3.63, 3.8) is 0 Å². The molecule has 0 bridgehead atoms. The number of carbonyl (C=O) groups is 1. The van der Waals surface area contributed by atoms with Crippen LogP contribution in [0.1, 0.15) is 31.9 Å². The number of aromatic nitrogens is 5. The molecule has 0 aliphatic carbocycles. The molecule has 38 heavy (non-hydrogen) atoms. The van der Waals surface area contributed by atoms with Gasteiger partial charge in [0.25, 0.3) is 0 Å². The molecule has 200 valence electrons. The second-order valence-corrected chi connectivity index (χ2v) is 9.03. The molecule has 0 aliphatic heterocycles. The third-order valence-corrected chi connectivity index (χ3v) is 6.04. The van der Waals surface area contributed by atoms with Gasteiger partial charge in [-0.25, -0.2) is 19.0 Å². The van der Waals surface area contributed by atoms with Crippen LogP contribution in [0, 0.1) is 5.82 Å². The van der Waals surface area contributed by atoms with Crippen molar-refractivity contribution in [1.82, 2.24) is 29.9 Å². The highest BCUT2D eigenvalue weighted by atomic mass is 19.1. The summed E-state index contributed by atoms with van der Waals surface area (Å²) >= 11 is 0. The van der Waals surface area contributed by atoms with Crippen LogP contribution in [0.25, 0.3) is 10.9 Å². The first-order valence-electron chi connectivity index (χ1n) is 12.3. The Bertz CT molecular complexity index is 1380. The number of rotatable bonds is 13. The van der Waals surface area contributed by atoms with Crippen LogP contribution < -0.4 is 15.8 Å². The van der Waals surface area contributed by atoms with Crippen LogP contribution in [-0.4, -0.2) is 73.2 Å². The van der Waals surface area contributed by atoms with E-state index in [0.29, 0.717) is 47.7 Å². The number of amides is 1. The molecule has 4 rings (SSSR count). The highest BCUT2D eigenvalue weighted by Crippen LogP contribution is 2.26. The van der Waals surface area contributed by atoms with Gasteiger partial charge in [0, 0.05) is 30.6 Å².